The van der Waals surface area contributed by atoms with Gasteiger partial charge in [0.2, 0.25) is 0 Å². The topological polar surface area (TPSA) is 132 Å². The molecule has 0 N–H and O–H groups in total. The SMILES string of the molecule is CC(C)n1cnc2c1CCCC2.CC(C)n1nc(C(F)F)c2c1C(C)(F)CCC2(F)F.CC(C)n1nc(C(F)F)c2c1C(C)(F)CCC2=O.CCOC(=O)c1cn(C(C)C)nc1C(F)(F)F.CCc1c(-c2ccccc2)c(C(F)(F)F)nn1C(C)C. The average molecular weight is 1240 g/mol. The highest BCUT2D eigenvalue weighted by Crippen LogP contribution is 2.52. The Morgan fingerprint density at radius 1 is 0.628 bits per heavy atom. The molecule has 13 nitrogen and oxygen atoms in total. The second-order valence-corrected chi connectivity index (χ2v) is 22.9. The van der Waals surface area contributed by atoms with Crippen molar-refractivity contribution in [1.29, 1.82) is 0 Å². The second kappa shape index (κ2) is 27.6. The molecule has 0 aliphatic heterocycles. The number of carbonyl (C=O) groups is 2. The van der Waals surface area contributed by atoms with E-state index in [0.29, 0.717) is 23.7 Å². The van der Waals surface area contributed by atoms with Crippen molar-refractivity contribution in [3.05, 3.63) is 111 Å². The van der Waals surface area contributed by atoms with Crippen LogP contribution in [0.2, 0.25) is 0 Å². The molecular formula is C59H76F14N10O3. The summed E-state index contributed by atoms with van der Waals surface area (Å²) in [6.07, 6.45) is -7.70. The molecule has 27 heteroatoms. The van der Waals surface area contributed by atoms with E-state index < -0.39 is 113 Å². The Balaban J connectivity index is 0.000000198. The summed E-state index contributed by atoms with van der Waals surface area (Å²) in [6.45, 7) is 23.9. The van der Waals surface area contributed by atoms with Crippen LogP contribution in [0.3, 0.4) is 0 Å². The average Bonchev–Trinajstić information content (AvgIpc) is 1.65. The number of esters is 1. The molecule has 2 unspecified atom stereocenters. The quantitative estimate of drug-likeness (QED) is 0.0925. The van der Waals surface area contributed by atoms with Crippen LogP contribution in [0.5, 0.6) is 0 Å². The Bertz CT molecular complexity index is 3190. The first-order valence-corrected chi connectivity index (χ1v) is 28.5. The first-order chi connectivity index (χ1) is 39.7. The number of nitrogens with zero attached hydrogens (tertiary/aromatic N) is 10. The van der Waals surface area contributed by atoms with E-state index in [1.165, 1.54) is 60.3 Å². The van der Waals surface area contributed by atoms with Crippen molar-refractivity contribution < 1.29 is 75.8 Å². The van der Waals surface area contributed by atoms with Gasteiger partial charge in [0.25, 0.3) is 18.8 Å². The number of rotatable bonds is 11. The predicted molar refractivity (Wildman–Crippen MR) is 294 cm³/mol. The molecule has 0 spiro atoms. The monoisotopic (exact) mass is 1240 g/mol. The van der Waals surface area contributed by atoms with Gasteiger partial charge in [-0.2, -0.15) is 46.7 Å². The van der Waals surface area contributed by atoms with Crippen LogP contribution in [0.15, 0.2) is 42.9 Å². The van der Waals surface area contributed by atoms with E-state index in [1.807, 2.05) is 27.1 Å². The molecule has 3 aliphatic carbocycles. The van der Waals surface area contributed by atoms with Gasteiger partial charge in [-0.15, -0.1) is 0 Å². The summed E-state index contributed by atoms with van der Waals surface area (Å²) in [5.74, 6) is -4.91. The Hall–Kier alpha value is -6.57. The van der Waals surface area contributed by atoms with Crippen molar-refractivity contribution >= 4 is 11.8 Å². The van der Waals surface area contributed by atoms with E-state index in [0.717, 1.165) is 22.5 Å². The Morgan fingerprint density at radius 2 is 1.16 bits per heavy atom. The zero-order valence-corrected chi connectivity index (χ0v) is 50.6. The minimum atomic E-state index is -4.66. The number of aromatic nitrogens is 10. The molecule has 478 valence electrons. The third-order valence-electron chi connectivity index (χ3n) is 14.4. The summed E-state index contributed by atoms with van der Waals surface area (Å²) in [5.41, 5.74) is -5.32. The van der Waals surface area contributed by atoms with Crippen molar-refractivity contribution in [2.24, 2.45) is 0 Å². The fourth-order valence-electron chi connectivity index (χ4n) is 10.3. The molecule has 3 aliphatic rings. The van der Waals surface area contributed by atoms with Crippen LogP contribution in [0.25, 0.3) is 11.1 Å². The summed E-state index contributed by atoms with van der Waals surface area (Å²) in [6, 6.07) is 8.10. The van der Waals surface area contributed by atoms with Gasteiger partial charge in [-0.05, 0) is 141 Å². The predicted octanol–water partition coefficient (Wildman–Crippen LogP) is 17.7. The van der Waals surface area contributed by atoms with Gasteiger partial charge >= 0.3 is 18.3 Å². The first kappa shape index (κ1) is 70.2. The van der Waals surface area contributed by atoms with Gasteiger partial charge in [-0.25, -0.2) is 44.9 Å². The fourth-order valence-corrected chi connectivity index (χ4v) is 10.3. The van der Waals surface area contributed by atoms with Gasteiger partial charge in [-0.1, -0.05) is 37.3 Å². The summed E-state index contributed by atoms with van der Waals surface area (Å²) < 4.78 is 198. The summed E-state index contributed by atoms with van der Waals surface area (Å²) in [7, 11) is 0. The standard InChI is InChI=1S/C15H17F3N2.C12H15F5N2.C12H15F3N2O.C10H13F3N2O2.C10H16N2/c1-4-12-13(11-8-6-5-7-9-11)14(15(16,17)18)19-20(12)10(2)3;1-6(2)19-9-7(8(18-19)10(13)14)12(16,17)5-4-11(9,3)15;1-6(2)17-10-8(9(16-17)11(13)14)7(18)4-5-12(10,3)15;1-4-17-9(16)7-5-15(6(2)3)14-8(7)10(11,12)13;1-8(2)12-7-11-9-5-3-4-6-10(9)12/h5-10H,4H2,1-3H3;6,10H,4-5H2,1-3H3;6,11H,4-5H2,1-3H3;5-6H,4H2,1-3H3;7-8H,3-6H2,1-2H3. The Kier molecular flexibility index (Phi) is 22.6. The molecule has 2 atom stereocenters. The molecule has 0 saturated carbocycles. The van der Waals surface area contributed by atoms with E-state index >= 15 is 0 Å². The lowest BCUT2D eigenvalue weighted by molar-refractivity contribution is -0.142. The number of ketones is 1. The van der Waals surface area contributed by atoms with Crippen molar-refractivity contribution in [2.45, 2.75) is 227 Å². The lowest BCUT2D eigenvalue weighted by Crippen LogP contribution is -2.33. The van der Waals surface area contributed by atoms with E-state index in [4.69, 9.17) is 0 Å². The molecule has 0 radical (unpaired) electrons. The second-order valence-electron chi connectivity index (χ2n) is 22.9. The van der Waals surface area contributed by atoms with Gasteiger partial charge in [0.1, 0.15) is 22.6 Å². The molecule has 0 amide bonds. The molecule has 0 bridgehead atoms. The summed E-state index contributed by atoms with van der Waals surface area (Å²) >= 11 is 0. The molecular weight excluding hydrogens is 1160 g/mol. The fraction of sp³-hybridized carbons (Fsp3) is 0.610. The number of hydrogen-bond acceptors (Lipinski definition) is 8. The van der Waals surface area contributed by atoms with Gasteiger partial charge in [-0.3, -0.25) is 23.5 Å². The largest absolute Gasteiger partial charge is 0.462 e. The number of carbonyl (C=O) groups excluding carboxylic acids is 2. The van der Waals surface area contributed by atoms with Gasteiger partial charge in [0, 0.05) is 66.2 Å². The molecule has 86 heavy (non-hydrogen) atoms. The highest BCUT2D eigenvalue weighted by Gasteiger charge is 2.53. The third-order valence-corrected chi connectivity index (χ3v) is 14.4. The van der Waals surface area contributed by atoms with E-state index in [2.05, 4.69) is 48.5 Å². The maximum atomic E-state index is 14.5. The highest BCUT2D eigenvalue weighted by atomic mass is 19.4. The number of halogens is 14. The zero-order chi connectivity index (χ0) is 64.9. The number of imidazole rings is 1. The number of Topliss-reactive ketones (excluding diaryl/α,β-unsaturated/α-hetero) is 1. The van der Waals surface area contributed by atoms with Crippen LogP contribution < -0.4 is 0 Å². The zero-order valence-electron chi connectivity index (χ0n) is 50.6. The van der Waals surface area contributed by atoms with Gasteiger partial charge in [0.05, 0.1) is 41.1 Å². The molecule has 9 rings (SSSR count). The van der Waals surface area contributed by atoms with E-state index in [9.17, 15) is 71.1 Å². The molecule has 5 aromatic heterocycles. The summed E-state index contributed by atoms with van der Waals surface area (Å²) in [5, 5.41) is 14.5. The molecule has 5 heterocycles. The van der Waals surface area contributed by atoms with Crippen LogP contribution in [-0.4, -0.2) is 67.0 Å². The molecule has 0 fully saturated rings. The molecule has 0 saturated heterocycles. The maximum absolute atomic E-state index is 14.5. The number of hydrogen-bond donors (Lipinski definition) is 0. The number of benzene rings is 1. The van der Waals surface area contributed by atoms with Crippen molar-refractivity contribution in [1.82, 2.24) is 48.7 Å². The minimum Gasteiger partial charge on any atom is -0.462 e. The maximum Gasteiger partial charge on any atom is 0.436 e. The van der Waals surface area contributed by atoms with Crippen molar-refractivity contribution in [3.8, 4) is 11.1 Å². The van der Waals surface area contributed by atoms with Gasteiger partial charge in [0.15, 0.2) is 22.8 Å². The highest BCUT2D eigenvalue weighted by molar-refractivity contribution is 6.00. The van der Waals surface area contributed by atoms with Gasteiger partial charge < -0.3 is 9.30 Å². The first-order valence-electron chi connectivity index (χ1n) is 28.5. The third kappa shape index (κ3) is 15.8. The van der Waals surface area contributed by atoms with Crippen LogP contribution in [0.1, 0.15) is 256 Å². The normalized spacial score (nSPS) is 18.2. The molecule has 6 aromatic rings. The number of fused-ring (bicyclic) bond motifs is 3. The van der Waals surface area contributed by atoms with Crippen LogP contribution >= 0.6 is 0 Å². The van der Waals surface area contributed by atoms with Crippen molar-refractivity contribution in [2.75, 3.05) is 6.61 Å². The lowest BCUT2D eigenvalue weighted by Gasteiger charge is -2.33. The minimum absolute atomic E-state index is 0.00375. The molecule has 1 aromatic carbocycles. The summed E-state index contributed by atoms with van der Waals surface area (Å²) in [4.78, 5) is 27.6. The van der Waals surface area contributed by atoms with Crippen LogP contribution in [-0.2, 0) is 53.6 Å². The Labute approximate surface area is 490 Å². The lowest BCUT2D eigenvalue weighted by atomic mass is 9.82. The van der Waals surface area contributed by atoms with Crippen LogP contribution in [0.4, 0.5) is 61.5 Å². The van der Waals surface area contributed by atoms with E-state index in [-0.39, 0.29) is 54.4 Å². The Morgan fingerprint density at radius 3 is 1.66 bits per heavy atom. The van der Waals surface area contributed by atoms with Crippen molar-refractivity contribution in [3.63, 3.8) is 0 Å². The number of alkyl halides is 14. The number of aryl methyl sites for hydroxylation is 1. The number of ether oxygens (including phenoxy) is 1. The van der Waals surface area contributed by atoms with Crippen LogP contribution in [0, 0.1) is 0 Å². The smallest absolute Gasteiger partial charge is 0.436 e. The van der Waals surface area contributed by atoms with E-state index in [1.54, 1.807) is 71.9 Å².